The lowest BCUT2D eigenvalue weighted by Gasteiger charge is -2.04. The molecule has 0 spiro atoms. The Morgan fingerprint density at radius 2 is 2.27 bits per heavy atom. The first-order valence-corrected chi connectivity index (χ1v) is 4.66. The summed E-state index contributed by atoms with van der Waals surface area (Å²) in [6.45, 7) is 4.01. The lowest BCUT2D eigenvalue weighted by Crippen LogP contribution is -1.88. The van der Waals surface area contributed by atoms with E-state index >= 15 is 0 Å². The second kappa shape index (κ2) is 3.55. The van der Waals surface area contributed by atoms with Gasteiger partial charge in [0, 0.05) is 11.0 Å². The molecule has 0 aliphatic rings. The first-order valence-electron chi connectivity index (χ1n) is 3.37. The molecule has 0 radical (unpaired) electrons. The minimum absolute atomic E-state index is 0.339. The number of nitrogens with zero attached hydrogens (tertiary/aromatic N) is 1. The number of alkyl halides is 1. The molecule has 1 heterocycles. The summed E-state index contributed by atoms with van der Waals surface area (Å²) in [6.07, 6.45) is 1.79. The molecule has 0 bridgehead atoms. The number of halogens is 2. The maximum Gasteiger partial charge on any atom is 0.131 e. The van der Waals surface area contributed by atoms with Gasteiger partial charge in [0.05, 0.1) is 0 Å². The van der Waals surface area contributed by atoms with E-state index < -0.39 is 0 Å². The minimum atomic E-state index is 0.339. The van der Waals surface area contributed by atoms with Crippen molar-refractivity contribution in [1.29, 1.82) is 0 Å². The molecule has 0 aliphatic heterocycles. The van der Waals surface area contributed by atoms with Crippen molar-refractivity contribution in [2.24, 2.45) is 0 Å². The van der Waals surface area contributed by atoms with Gasteiger partial charge >= 0.3 is 0 Å². The van der Waals surface area contributed by atoms with Gasteiger partial charge in [-0.3, -0.25) is 0 Å². The van der Waals surface area contributed by atoms with Crippen molar-refractivity contribution in [2.75, 3.05) is 0 Å². The average Bonchev–Trinajstić information content (AvgIpc) is 1.94. The fourth-order valence-electron chi connectivity index (χ4n) is 0.797. The predicted octanol–water partition coefficient (Wildman–Crippen LogP) is 3.50. The van der Waals surface area contributed by atoms with Crippen LogP contribution in [0.2, 0.25) is 5.15 Å². The second-order valence-corrected chi connectivity index (χ2v) is 4.22. The molecule has 0 fully saturated rings. The van der Waals surface area contributed by atoms with Crippen LogP contribution in [-0.4, -0.2) is 4.98 Å². The molecular formula is C8H9BrClN. The summed E-state index contributed by atoms with van der Waals surface area (Å²) in [7, 11) is 0. The normalized spacial score (nSPS) is 13.1. The van der Waals surface area contributed by atoms with Crippen molar-refractivity contribution in [3.05, 3.63) is 28.5 Å². The van der Waals surface area contributed by atoms with Crippen LogP contribution in [0.5, 0.6) is 0 Å². The molecule has 0 amide bonds. The highest BCUT2D eigenvalue weighted by atomic mass is 79.9. The Hall–Kier alpha value is -0.0800. The molecule has 1 aromatic rings. The molecule has 0 aromatic carbocycles. The van der Waals surface area contributed by atoms with Crippen molar-refractivity contribution in [3.63, 3.8) is 0 Å². The Bertz CT molecular complexity index is 260. The number of hydrogen-bond donors (Lipinski definition) is 0. The van der Waals surface area contributed by atoms with Gasteiger partial charge in [-0.05, 0) is 25.0 Å². The Morgan fingerprint density at radius 3 is 2.73 bits per heavy atom. The number of pyridine rings is 1. The van der Waals surface area contributed by atoms with Gasteiger partial charge in [0.25, 0.3) is 0 Å². The fraction of sp³-hybridized carbons (Fsp3) is 0.375. The van der Waals surface area contributed by atoms with E-state index in [0.717, 1.165) is 11.1 Å². The SMILES string of the molecule is Cc1cc([C@@H](C)Br)cnc1Cl. The van der Waals surface area contributed by atoms with Gasteiger partial charge in [-0.2, -0.15) is 0 Å². The molecule has 1 rings (SSSR count). The summed E-state index contributed by atoms with van der Waals surface area (Å²) >= 11 is 9.22. The van der Waals surface area contributed by atoms with Crippen molar-refractivity contribution < 1.29 is 0 Å². The second-order valence-electron chi connectivity index (χ2n) is 2.49. The van der Waals surface area contributed by atoms with Crippen molar-refractivity contribution in [1.82, 2.24) is 4.98 Å². The molecule has 0 N–H and O–H groups in total. The lowest BCUT2D eigenvalue weighted by atomic mass is 10.2. The molecule has 1 aromatic heterocycles. The molecule has 0 aliphatic carbocycles. The number of rotatable bonds is 1. The Labute approximate surface area is 79.9 Å². The first kappa shape index (κ1) is 9.01. The monoisotopic (exact) mass is 233 g/mol. The highest BCUT2D eigenvalue weighted by molar-refractivity contribution is 9.09. The highest BCUT2D eigenvalue weighted by Gasteiger charge is 2.02. The number of aromatic nitrogens is 1. The zero-order chi connectivity index (χ0) is 8.43. The topological polar surface area (TPSA) is 12.9 Å². The van der Waals surface area contributed by atoms with E-state index in [-0.39, 0.29) is 0 Å². The molecule has 1 atom stereocenters. The smallest absolute Gasteiger partial charge is 0.131 e. The predicted molar refractivity (Wildman–Crippen MR) is 51.3 cm³/mol. The Morgan fingerprint density at radius 1 is 1.64 bits per heavy atom. The van der Waals surface area contributed by atoms with Gasteiger partial charge in [-0.1, -0.05) is 33.6 Å². The summed E-state index contributed by atoms with van der Waals surface area (Å²) in [4.78, 5) is 4.37. The molecule has 1 nitrogen and oxygen atoms in total. The highest BCUT2D eigenvalue weighted by Crippen LogP contribution is 2.23. The summed E-state index contributed by atoms with van der Waals surface area (Å²) in [5, 5.41) is 0.585. The zero-order valence-corrected chi connectivity index (χ0v) is 8.78. The van der Waals surface area contributed by atoms with E-state index in [2.05, 4.69) is 27.8 Å². The van der Waals surface area contributed by atoms with Crippen LogP contribution in [0.3, 0.4) is 0 Å². The van der Waals surface area contributed by atoms with E-state index in [1.165, 1.54) is 0 Å². The summed E-state index contributed by atoms with van der Waals surface area (Å²) < 4.78 is 0. The number of aryl methyl sites for hydroxylation is 1. The molecular weight excluding hydrogens is 225 g/mol. The number of hydrogen-bond acceptors (Lipinski definition) is 1. The van der Waals surface area contributed by atoms with Crippen LogP contribution in [0, 0.1) is 6.92 Å². The standard InChI is InChI=1S/C8H9BrClN/c1-5-3-7(6(2)9)4-11-8(5)10/h3-4,6H,1-2H3/t6-/m1/s1. The molecule has 0 saturated carbocycles. The zero-order valence-electron chi connectivity index (χ0n) is 6.44. The van der Waals surface area contributed by atoms with Gasteiger partial charge in [0.1, 0.15) is 5.15 Å². The third-order valence-corrected chi connectivity index (χ3v) is 2.42. The van der Waals surface area contributed by atoms with E-state index in [1.807, 2.05) is 13.0 Å². The molecule has 0 saturated heterocycles. The molecule has 60 valence electrons. The Balaban J connectivity index is 3.05. The summed E-state index contributed by atoms with van der Waals surface area (Å²) in [5.41, 5.74) is 2.18. The molecule has 0 unspecified atom stereocenters. The van der Waals surface area contributed by atoms with E-state index in [0.29, 0.717) is 9.98 Å². The maximum absolute atomic E-state index is 5.76. The van der Waals surface area contributed by atoms with E-state index in [9.17, 15) is 0 Å². The average molecular weight is 235 g/mol. The molecule has 11 heavy (non-hydrogen) atoms. The summed E-state index contributed by atoms with van der Waals surface area (Å²) in [6, 6.07) is 2.04. The van der Waals surface area contributed by atoms with Crippen LogP contribution in [0.4, 0.5) is 0 Å². The van der Waals surface area contributed by atoms with Crippen molar-refractivity contribution in [2.45, 2.75) is 18.7 Å². The van der Waals surface area contributed by atoms with Gasteiger partial charge in [0.15, 0.2) is 0 Å². The van der Waals surface area contributed by atoms with Crippen molar-refractivity contribution in [3.8, 4) is 0 Å². The van der Waals surface area contributed by atoms with E-state index in [4.69, 9.17) is 11.6 Å². The Kier molecular flexibility index (Phi) is 2.90. The maximum atomic E-state index is 5.76. The third kappa shape index (κ3) is 2.17. The van der Waals surface area contributed by atoms with Crippen LogP contribution in [0.15, 0.2) is 12.3 Å². The molecule has 3 heteroatoms. The summed E-state index contributed by atoms with van der Waals surface area (Å²) in [5.74, 6) is 0. The fourth-order valence-corrected chi connectivity index (χ4v) is 1.15. The van der Waals surface area contributed by atoms with Gasteiger partial charge in [-0.25, -0.2) is 4.98 Å². The van der Waals surface area contributed by atoms with Crippen LogP contribution >= 0.6 is 27.5 Å². The van der Waals surface area contributed by atoms with Gasteiger partial charge in [0.2, 0.25) is 0 Å². The first-order chi connectivity index (χ1) is 5.11. The lowest BCUT2D eigenvalue weighted by molar-refractivity contribution is 1.08. The third-order valence-electron chi connectivity index (χ3n) is 1.49. The van der Waals surface area contributed by atoms with Crippen LogP contribution < -0.4 is 0 Å². The largest absolute Gasteiger partial charge is 0.244 e. The van der Waals surface area contributed by atoms with Crippen LogP contribution in [-0.2, 0) is 0 Å². The van der Waals surface area contributed by atoms with Crippen LogP contribution in [0.25, 0.3) is 0 Å². The van der Waals surface area contributed by atoms with E-state index in [1.54, 1.807) is 6.20 Å². The van der Waals surface area contributed by atoms with Crippen LogP contribution in [0.1, 0.15) is 22.9 Å². The van der Waals surface area contributed by atoms with Crippen molar-refractivity contribution >= 4 is 27.5 Å². The van der Waals surface area contributed by atoms with Gasteiger partial charge < -0.3 is 0 Å². The quantitative estimate of drug-likeness (QED) is 0.535. The minimum Gasteiger partial charge on any atom is -0.244 e. The van der Waals surface area contributed by atoms with Gasteiger partial charge in [-0.15, -0.1) is 0 Å².